The van der Waals surface area contributed by atoms with Gasteiger partial charge in [-0.15, -0.1) is 0 Å². The van der Waals surface area contributed by atoms with Gasteiger partial charge in [-0.05, 0) is 58.7 Å². The Bertz CT molecular complexity index is 1240. The fourth-order valence-corrected chi connectivity index (χ4v) is 3.77. The van der Waals surface area contributed by atoms with Crippen molar-refractivity contribution in [3.8, 4) is 11.1 Å². The molecule has 7 heteroatoms. The number of carbonyl (C=O) groups excluding carboxylic acids is 2. The van der Waals surface area contributed by atoms with E-state index in [-0.39, 0.29) is 13.2 Å². The highest BCUT2D eigenvalue weighted by atomic mass is 16.7. The highest BCUT2D eigenvalue weighted by molar-refractivity contribution is 5.78. The fourth-order valence-electron chi connectivity index (χ4n) is 3.77. The number of carbonyl (C=O) groups is 2. The average Bonchev–Trinajstić information content (AvgIpc) is 2.97. The molecule has 0 radical (unpaired) electrons. The lowest BCUT2D eigenvalue weighted by molar-refractivity contribution is 0.0660. The molecule has 0 fully saturated rings. The van der Waals surface area contributed by atoms with Crippen molar-refractivity contribution in [2.45, 2.75) is 13.2 Å². The van der Waals surface area contributed by atoms with E-state index < -0.39 is 12.3 Å². The second-order valence-corrected chi connectivity index (χ2v) is 8.07. The third-order valence-electron chi connectivity index (χ3n) is 5.67. The van der Waals surface area contributed by atoms with Gasteiger partial charge in [-0.3, -0.25) is 0 Å². The summed E-state index contributed by atoms with van der Waals surface area (Å²) in [5, 5.41) is 0. The predicted molar refractivity (Wildman–Crippen MR) is 141 cm³/mol. The van der Waals surface area contributed by atoms with E-state index in [2.05, 4.69) is 50.8 Å². The molecule has 0 bridgehead atoms. The van der Waals surface area contributed by atoms with Gasteiger partial charge in [-0.2, -0.15) is 0 Å². The Kier molecular flexibility index (Phi) is 8.39. The summed E-state index contributed by atoms with van der Waals surface area (Å²) in [7, 11) is 2.55. The molecule has 0 saturated heterocycles. The Hall–Kier alpha value is -4.78. The van der Waals surface area contributed by atoms with E-state index in [1.807, 2.05) is 66.7 Å². The van der Waals surface area contributed by atoms with Crippen LogP contribution in [0.25, 0.3) is 11.1 Å². The summed E-state index contributed by atoms with van der Waals surface area (Å²) in [4.78, 5) is 24.7. The molecule has 0 saturated carbocycles. The molecule has 37 heavy (non-hydrogen) atoms. The van der Waals surface area contributed by atoms with E-state index in [1.54, 1.807) is 0 Å². The van der Waals surface area contributed by atoms with Gasteiger partial charge in [0.05, 0.1) is 14.2 Å². The molecule has 4 aromatic rings. The lowest BCUT2D eigenvalue weighted by atomic mass is 10.0. The van der Waals surface area contributed by atoms with Crippen molar-refractivity contribution in [3.05, 3.63) is 114 Å². The van der Waals surface area contributed by atoms with Crippen LogP contribution in [0.5, 0.6) is 0 Å². The van der Waals surface area contributed by atoms with Crippen molar-refractivity contribution in [1.82, 2.24) is 0 Å². The standard InChI is InChI=1S/C30H27NO6/c1-34-29(32)36-20-22-8-14-26(15-9-22)31(27-16-10-23(11-17-27)21-37-30(33)35-2)28-18-12-25(13-19-28)24-6-4-3-5-7-24/h3-19H,20-21H2,1-2H3. The summed E-state index contributed by atoms with van der Waals surface area (Å²) in [6.07, 6.45) is -1.44. The van der Waals surface area contributed by atoms with Crippen molar-refractivity contribution < 1.29 is 28.5 Å². The molecule has 0 spiro atoms. The second-order valence-electron chi connectivity index (χ2n) is 8.07. The van der Waals surface area contributed by atoms with Crippen LogP contribution in [0.1, 0.15) is 11.1 Å². The van der Waals surface area contributed by atoms with E-state index in [0.29, 0.717) is 0 Å². The van der Waals surface area contributed by atoms with Gasteiger partial charge < -0.3 is 23.8 Å². The van der Waals surface area contributed by atoms with Crippen LogP contribution in [0.4, 0.5) is 26.7 Å². The van der Waals surface area contributed by atoms with Crippen LogP contribution in [0.3, 0.4) is 0 Å². The molecular formula is C30H27NO6. The first-order chi connectivity index (χ1) is 18.1. The van der Waals surface area contributed by atoms with Gasteiger partial charge in [0.1, 0.15) is 13.2 Å². The summed E-state index contributed by atoms with van der Waals surface area (Å²) in [5.41, 5.74) is 6.76. The topological polar surface area (TPSA) is 74.3 Å². The van der Waals surface area contributed by atoms with Crippen molar-refractivity contribution in [1.29, 1.82) is 0 Å². The third-order valence-corrected chi connectivity index (χ3v) is 5.67. The molecule has 0 aliphatic carbocycles. The molecule has 0 heterocycles. The lowest BCUT2D eigenvalue weighted by Gasteiger charge is -2.26. The number of rotatable bonds is 8. The normalized spacial score (nSPS) is 10.3. The number of anilines is 3. The molecule has 188 valence electrons. The van der Waals surface area contributed by atoms with Crippen LogP contribution in [0.15, 0.2) is 103 Å². The van der Waals surface area contributed by atoms with Crippen LogP contribution in [0.2, 0.25) is 0 Å². The van der Waals surface area contributed by atoms with Gasteiger partial charge >= 0.3 is 12.3 Å². The van der Waals surface area contributed by atoms with Crippen molar-refractivity contribution in [3.63, 3.8) is 0 Å². The molecular weight excluding hydrogens is 470 g/mol. The van der Waals surface area contributed by atoms with Crippen LogP contribution in [-0.4, -0.2) is 26.5 Å². The highest BCUT2D eigenvalue weighted by Crippen LogP contribution is 2.36. The van der Waals surface area contributed by atoms with Crippen LogP contribution < -0.4 is 4.90 Å². The average molecular weight is 498 g/mol. The van der Waals surface area contributed by atoms with Gasteiger partial charge in [-0.1, -0.05) is 66.7 Å². The molecule has 0 N–H and O–H groups in total. The maximum absolute atomic E-state index is 11.3. The minimum atomic E-state index is -0.722. The van der Waals surface area contributed by atoms with Crippen LogP contribution >= 0.6 is 0 Å². The SMILES string of the molecule is COC(=O)OCc1ccc(N(c2ccc(COC(=O)OC)cc2)c2ccc(-c3ccccc3)cc2)cc1. The maximum atomic E-state index is 11.3. The Morgan fingerprint density at radius 2 is 0.919 bits per heavy atom. The van der Waals surface area contributed by atoms with Gasteiger partial charge in [0.25, 0.3) is 0 Å². The van der Waals surface area contributed by atoms with E-state index in [0.717, 1.165) is 39.3 Å². The third kappa shape index (κ3) is 6.67. The quantitative estimate of drug-likeness (QED) is 0.235. The molecule has 4 rings (SSSR count). The summed E-state index contributed by atoms with van der Waals surface area (Å²) in [6, 6.07) is 34.0. The second kappa shape index (κ2) is 12.3. The highest BCUT2D eigenvalue weighted by Gasteiger charge is 2.14. The molecule has 4 aromatic carbocycles. The Morgan fingerprint density at radius 1 is 0.541 bits per heavy atom. The zero-order valence-electron chi connectivity index (χ0n) is 20.6. The molecule has 0 aromatic heterocycles. The Labute approximate surface area is 215 Å². The summed E-state index contributed by atoms with van der Waals surface area (Å²) in [6.45, 7) is 0.237. The van der Waals surface area contributed by atoms with E-state index >= 15 is 0 Å². The number of hydrogen-bond acceptors (Lipinski definition) is 7. The number of nitrogens with zero attached hydrogens (tertiary/aromatic N) is 1. The van der Waals surface area contributed by atoms with E-state index in [4.69, 9.17) is 9.47 Å². The first kappa shape index (κ1) is 25.3. The largest absolute Gasteiger partial charge is 0.508 e. The molecule has 0 atom stereocenters. The molecule has 7 nitrogen and oxygen atoms in total. The number of benzene rings is 4. The van der Waals surface area contributed by atoms with Gasteiger partial charge in [0, 0.05) is 17.1 Å². The van der Waals surface area contributed by atoms with E-state index in [1.165, 1.54) is 14.2 Å². The number of hydrogen-bond donors (Lipinski definition) is 0. The van der Waals surface area contributed by atoms with Gasteiger partial charge in [-0.25, -0.2) is 9.59 Å². The van der Waals surface area contributed by atoms with Crippen LogP contribution in [-0.2, 0) is 32.2 Å². The molecule has 0 aliphatic rings. The van der Waals surface area contributed by atoms with Crippen LogP contribution in [0, 0.1) is 0 Å². The Morgan fingerprint density at radius 3 is 1.32 bits per heavy atom. The lowest BCUT2D eigenvalue weighted by Crippen LogP contribution is -2.10. The minimum Gasteiger partial charge on any atom is -0.438 e. The smallest absolute Gasteiger partial charge is 0.438 e. The summed E-state index contributed by atoms with van der Waals surface area (Å²) in [5.74, 6) is 0. The van der Waals surface area contributed by atoms with Crippen molar-refractivity contribution in [2.24, 2.45) is 0 Å². The Balaban J connectivity index is 1.62. The van der Waals surface area contributed by atoms with Crippen molar-refractivity contribution in [2.75, 3.05) is 19.1 Å². The zero-order valence-corrected chi connectivity index (χ0v) is 20.6. The first-order valence-electron chi connectivity index (χ1n) is 11.6. The summed E-state index contributed by atoms with van der Waals surface area (Å²) >= 11 is 0. The monoisotopic (exact) mass is 497 g/mol. The van der Waals surface area contributed by atoms with Gasteiger partial charge in [0.2, 0.25) is 0 Å². The molecule has 0 amide bonds. The zero-order chi connectivity index (χ0) is 26.0. The number of methoxy groups -OCH3 is 2. The molecule has 0 unspecified atom stereocenters. The van der Waals surface area contributed by atoms with Crippen molar-refractivity contribution >= 4 is 29.4 Å². The fraction of sp³-hybridized carbons (Fsp3) is 0.133. The maximum Gasteiger partial charge on any atom is 0.508 e. The number of ether oxygens (including phenoxy) is 4. The van der Waals surface area contributed by atoms with Gasteiger partial charge in [0.15, 0.2) is 0 Å². The minimum absolute atomic E-state index is 0.119. The molecule has 0 aliphatic heterocycles. The summed E-state index contributed by atoms with van der Waals surface area (Å²) < 4.78 is 19.2. The predicted octanol–water partition coefficient (Wildman–Crippen LogP) is 7.39. The first-order valence-corrected chi connectivity index (χ1v) is 11.6. The van der Waals surface area contributed by atoms with E-state index in [9.17, 15) is 9.59 Å².